The molecule has 0 fully saturated rings. The maximum absolute atomic E-state index is 5.45. The van der Waals surface area contributed by atoms with Crippen LogP contribution in [0.4, 0.5) is 11.5 Å². The molecule has 2 N–H and O–H groups in total. The molecule has 0 saturated heterocycles. The topological polar surface area (TPSA) is 59.3 Å². The molecule has 0 radical (unpaired) electrons. The Hall–Kier alpha value is -2.86. The van der Waals surface area contributed by atoms with Crippen LogP contribution in [0.25, 0.3) is 11.1 Å². The van der Waals surface area contributed by atoms with Gasteiger partial charge in [0.2, 0.25) is 0 Å². The molecule has 0 spiro atoms. The number of benzene rings is 2. The Kier molecular flexibility index (Phi) is 5.46. The van der Waals surface area contributed by atoms with Gasteiger partial charge in [0.15, 0.2) is 10.9 Å². The van der Waals surface area contributed by atoms with Gasteiger partial charge in [0.25, 0.3) is 0 Å². The molecule has 0 unspecified atom stereocenters. The minimum atomic E-state index is -0.116. The van der Waals surface area contributed by atoms with E-state index >= 15 is 0 Å². The molecule has 27 heavy (non-hydrogen) atoms. The predicted octanol–water partition coefficient (Wildman–Crippen LogP) is 5.46. The second-order valence-corrected chi connectivity index (χ2v) is 7.59. The molecule has 3 rings (SSSR count). The average Bonchev–Trinajstić information content (AvgIpc) is 3.11. The first-order chi connectivity index (χ1) is 12.9. The standard InChI is InChI=1S/C21H23N3O2S/c1-21(2,3)18-13-19(24-26-18)23-20(27)22-16-12-15(10-11-17(16)25-4)14-8-6-5-7-9-14/h5-13H,1-4H3,(H2,22,23,24,27). The largest absolute Gasteiger partial charge is 0.495 e. The lowest BCUT2D eigenvalue weighted by Gasteiger charge is -2.14. The van der Waals surface area contributed by atoms with Crippen LogP contribution in [-0.2, 0) is 5.41 Å². The van der Waals surface area contributed by atoms with Crippen LogP contribution in [-0.4, -0.2) is 17.4 Å². The summed E-state index contributed by atoms with van der Waals surface area (Å²) in [6, 6.07) is 17.9. The highest BCUT2D eigenvalue weighted by Gasteiger charge is 2.20. The van der Waals surface area contributed by atoms with E-state index in [4.69, 9.17) is 21.5 Å². The Labute approximate surface area is 164 Å². The first-order valence-electron chi connectivity index (χ1n) is 8.65. The molecule has 2 aromatic carbocycles. The molecular formula is C21H23N3O2S. The van der Waals surface area contributed by atoms with E-state index in [1.807, 2.05) is 42.5 Å². The second-order valence-electron chi connectivity index (χ2n) is 7.19. The van der Waals surface area contributed by atoms with Crippen molar-refractivity contribution in [1.82, 2.24) is 5.16 Å². The fraction of sp³-hybridized carbons (Fsp3) is 0.238. The summed E-state index contributed by atoms with van der Waals surface area (Å²) in [7, 11) is 1.63. The van der Waals surface area contributed by atoms with Gasteiger partial charge in [-0.3, -0.25) is 0 Å². The average molecular weight is 382 g/mol. The van der Waals surface area contributed by atoms with Crippen LogP contribution in [0.2, 0.25) is 0 Å². The van der Waals surface area contributed by atoms with Crippen molar-refractivity contribution in [3.05, 3.63) is 60.4 Å². The molecule has 3 aromatic rings. The number of hydrogen-bond acceptors (Lipinski definition) is 4. The molecule has 0 saturated carbocycles. The zero-order valence-corrected chi connectivity index (χ0v) is 16.7. The van der Waals surface area contributed by atoms with Crippen molar-refractivity contribution in [3.8, 4) is 16.9 Å². The third kappa shape index (κ3) is 4.65. The second kappa shape index (κ2) is 7.80. The lowest BCUT2D eigenvalue weighted by Crippen LogP contribution is -2.19. The van der Waals surface area contributed by atoms with E-state index in [-0.39, 0.29) is 5.41 Å². The van der Waals surface area contributed by atoms with Gasteiger partial charge in [0, 0.05) is 11.5 Å². The molecule has 0 bridgehead atoms. The Morgan fingerprint density at radius 2 is 1.74 bits per heavy atom. The zero-order valence-electron chi connectivity index (χ0n) is 15.9. The van der Waals surface area contributed by atoms with Crippen LogP contribution in [0, 0.1) is 0 Å². The summed E-state index contributed by atoms with van der Waals surface area (Å²) in [5.41, 5.74) is 2.84. The van der Waals surface area contributed by atoms with Gasteiger partial charge < -0.3 is 19.9 Å². The van der Waals surface area contributed by atoms with Crippen LogP contribution in [0.1, 0.15) is 26.5 Å². The van der Waals surface area contributed by atoms with Crippen molar-refractivity contribution in [2.75, 3.05) is 17.7 Å². The van der Waals surface area contributed by atoms with Gasteiger partial charge in [-0.05, 0) is 35.5 Å². The van der Waals surface area contributed by atoms with Crippen molar-refractivity contribution in [3.63, 3.8) is 0 Å². The third-order valence-electron chi connectivity index (χ3n) is 4.05. The number of nitrogens with one attached hydrogen (secondary N) is 2. The highest BCUT2D eigenvalue weighted by atomic mass is 32.1. The van der Waals surface area contributed by atoms with Gasteiger partial charge in [-0.25, -0.2) is 0 Å². The van der Waals surface area contributed by atoms with Crippen molar-refractivity contribution >= 4 is 28.8 Å². The number of thiocarbonyl (C=S) groups is 1. The first kappa shape index (κ1) is 18.9. The number of aromatic nitrogens is 1. The van der Waals surface area contributed by atoms with E-state index < -0.39 is 0 Å². The molecule has 0 atom stereocenters. The van der Waals surface area contributed by atoms with E-state index in [1.165, 1.54) is 0 Å². The van der Waals surface area contributed by atoms with Crippen LogP contribution >= 0.6 is 12.2 Å². The van der Waals surface area contributed by atoms with Crippen molar-refractivity contribution < 1.29 is 9.26 Å². The van der Waals surface area contributed by atoms with Crippen molar-refractivity contribution in [2.45, 2.75) is 26.2 Å². The lowest BCUT2D eigenvalue weighted by molar-refractivity contribution is 0.331. The Morgan fingerprint density at radius 3 is 2.37 bits per heavy atom. The van der Waals surface area contributed by atoms with E-state index in [9.17, 15) is 0 Å². The van der Waals surface area contributed by atoms with Gasteiger partial charge >= 0.3 is 0 Å². The fourth-order valence-corrected chi connectivity index (χ4v) is 2.79. The summed E-state index contributed by atoms with van der Waals surface area (Å²) in [4.78, 5) is 0. The van der Waals surface area contributed by atoms with Crippen LogP contribution in [0.15, 0.2) is 59.1 Å². The molecular weight excluding hydrogens is 358 g/mol. The SMILES string of the molecule is COc1ccc(-c2ccccc2)cc1NC(=S)Nc1cc(C(C)(C)C)on1. The monoisotopic (exact) mass is 381 g/mol. The van der Waals surface area contributed by atoms with Gasteiger partial charge in [-0.1, -0.05) is 62.3 Å². The quantitative estimate of drug-likeness (QED) is 0.586. The molecule has 6 heteroatoms. The van der Waals surface area contributed by atoms with E-state index in [0.29, 0.717) is 16.7 Å². The molecule has 0 aliphatic heterocycles. The van der Waals surface area contributed by atoms with E-state index in [0.717, 1.165) is 22.6 Å². The number of hydrogen-bond donors (Lipinski definition) is 2. The van der Waals surface area contributed by atoms with Crippen LogP contribution in [0.5, 0.6) is 5.75 Å². The summed E-state index contributed by atoms with van der Waals surface area (Å²) < 4.78 is 10.8. The number of nitrogens with zero attached hydrogens (tertiary/aromatic N) is 1. The summed E-state index contributed by atoms with van der Waals surface area (Å²) in [5, 5.41) is 10.7. The normalized spacial score (nSPS) is 11.1. The maximum atomic E-state index is 5.45. The van der Waals surface area contributed by atoms with Gasteiger partial charge in [0.1, 0.15) is 11.5 Å². The number of anilines is 2. The zero-order chi connectivity index (χ0) is 19.4. The number of rotatable bonds is 4. The van der Waals surface area contributed by atoms with Crippen LogP contribution < -0.4 is 15.4 Å². The minimum Gasteiger partial charge on any atom is -0.495 e. The Balaban J connectivity index is 1.77. The summed E-state index contributed by atoms with van der Waals surface area (Å²) in [6.45, 7) is 6.19. The van der Waals surface area contributed by atoms with Gasteiger partial charge in [-0.15, -0.1) is 0 Å². The summed E-state index contributed by atoms with van der Waals surface area (Å²) in [5.74, 6) is 2.06. The van der Waals surface area contributed by atoms with Crippen LogP contribution in [0.3, 0.4) is 0 Å². The van der Waals surface area contributed by atoms with Gasteiger partial charge in [0.05, 0.1) is 12.8 Å². The Bertz CT molecular complexity index is 930. The van der Waals surface area contributed by atoms with Crippen molar-refractivity contribution in [1.29, 1.82) is 0 Å². The Morgan fingerprint density at radius 1 is 1.00 bits per heavy atom. The first-order valence-corrected chi connectivity index (χ1v) is 9.06. The molecule has 0 aliphatic rings. The van der Waals surface area contributed by atoms with Gasteiger partial charge in [-0.2, -0.15) is 0 Å². The molecule has 1 heterocycles. The highest BCUT2D eigenvalue weighted by molar-refractivity contribution is 7.80. The summed E-state index contributed by atoms with van der Waals surface area (Å²) in [6.07, 6.45) is 0. The molecule has 0 aliphatic carbocycles. The smallest absolute Gasteiger partial charge is 0.176 e. The highest BCUT2D eigenvalue weighted by Crippen LogP contribution is 2.31. The van der Waals surface area contributed by atoms with Crippen molar-refractivity contribution in [2.24, 2.45) is 0 Å². The van der Waals surface area contributed by atoms with E-state index in [1.54, 1.807) is 7.11 Å². The predicted molar refractivity (Wildman–Crippen MR) is 113 cm³/mol. The maximum Gasteiger partial charge on any atom is 0.176 e. The molecule has 1 aromatic heterocycles. The number of ether oxygens (including phenoxy) is 1. The summed E-state index contributed by atoms with van der Waals surface area (Å²) >= 11 is 5.43. The lowest BCUT2D eigenvalue weighted by atomic mass is 9.93. The molecule has 140 valence electrons. The van der Waals surface area contributed by atoms with E-state index in [2.05, 4.69) is 48.7 Å². The minimum absolute atomic E-state index is 0.116. The molecule has 0 amide bonds. The molecule has 5 nitrogen and oxygen atoms in total. The number of methoxy groups -OCH3 is 1. The fourth-order valence-electron chi connectivity index (χ4n) is 2.57. The third-order valence-corrected chi connectivity index (χ3v) is 4.25.